The maximum atomic E-state index is 10.7. The van der Waals surface area contributed by atoms with Crippen LogP contribution in [-0.2, 0) is 6.54 Å². The molecule has 0 bridgehead atoms. The van der Waals surface area contributed by atoms with Crippen LogP contribution < -0.4 is 5.32 Å². The molecular formula is C13H19NO2S. The van der Waals surface area contributed by atoms with E-state index in [9.17, 15) is 4.79 Å². The Hall–Kier alpha value is -1.00. The fourth-order valence-corrected chi connectivity index (χ4v) is 2.10. The Kier molecular flexibility index (Phi) is 6.08. The molecule has 0 aliphatic carbocycles. The van der Waals surface area contributed by atoms with E-state index in [1.807, 2.05) is 23.9 Å². The predicted molar refractivity (Wildman–Crippen MR) is 72.7 cm³/mol. The van der Waals surface area contributed by atoms with Crippen molar-refractivity contribution in [1.82, 2.24) is 5.32 Å². The fraction of sp³-hybridized carbons (Fsp3) is 0.462. The van der Waals surface area contributed by atoms with Crippen molar-refractivity contribution < 1.29 is 9.90 Å². The third-order valence-electron chi connectivity index (χ3n) is 2.26. The molecular weight excluding hydrogens is 234 g/mol. The minimum atomic E-state index is -0.877. The number of carboxylic acids is 1. The summed E-state index contributed by atoms with van der Waals surface area (Å²) in [4.78, 5) is 10.7. The summed E-state index contributed by atoms with van der Waals surface area (Å²) < 4.78 is 0. The Morgan fingerprint density at radius 3 is 2.53 bits per heavy atom. The van der Waals surface area contributed by atoms with Crippen LogP contribution in [0.25, 0.3) is 0 Å². The second-order valence-electron chi connectivity index (χ2n) is 4.10. The van der Waals surface area contributed by atoms with Gasteiger partial charge in [0.15, 0.2) is 0 Å². The van der Waals surface area contributed by atoms with Crippen LogP contribution in [0.5, 0.6) is 0 Å². The van der Waals surface area contributed by atoms with Crippen molar-refractivity contribution in [3.8, 4) is 0 Å². The molecule has 1 rings (SSSR count). The third-order valence-corrected chi connectivity index (χ3v) is 3.37. The molecule has 0 heterocycles. The molecule has 1 aromatic rings. The molecule has 0 unspecified atom stereocenters. The van der Waals surface area contributed by atoms with Gasteiger partial charge in [0.05, 0.1) is 5.56 Å². The molecule has 94 valence electrons. The first-order valence-electron chi connectivity index (χ1n) is 5.74. The molecule has 0 saturated carbocycles. The Labute approximate surface area is 107 Å². The van der Waals surface area contributed by atoms with Gasteiger partial charge in [0, 0.05) is 18.8 Å². The van der Waals surface area contributed by atoms with Crippen LogP contribution in [0.2, 0.25) is 0 Å². The summed E-state index contributed by atoms with van der Waals surface area (Å²) in [7, 11) is 0. The van der Waals surface area contributed by atoms with Gasteiger partial charge in [-0.05, 0) is 22.9 Å². The van der Waals surface area contributed by atoms with Crippen LogP contribution in [0.3, 0.4) is 0 Å². The lowest BCUT2D eigenvalue weighted by Crippen LogP contribution is -2.17. The third kappa shape index (κ3) is 5.75. The van der Waals surface area contributed by atoms with E-state index in [2.05, 4.69) is 19.2 Å². The standard InChI is InChI=1S/C13H19NO2S/c1-10(2)17-8-7-14-9-11-3-5-12(6-4-11)13(15)16/h3-6,10,14H,7-9H2,1-2H3,(H,15,16). The van der Waals surface area contributed by atoms with E-state index >= 15 is 0 Å². The van der Waals surface area contributed by atoms with Crippen molar-refractivity contribution in [2.45, 2.75) is 25.6 Å². The van der Waals surface area contributed by atoms with Gasteiger partial charge in [-0.3, -0.25) is 0 Å². The van der Waals surface area contributed by atoms with Crippen molar-refractivity contribution >= 4 is 17.7 Å². The molecule has 0 fully saturated rings. The van der Waals surface area contributed by atoms with Gasteiger partial charge in [-0.1, -0.05) is 26.0 Å². The zero-order chi connectivity index (χ0) is 12.7. The molecule has 2 N–H and O–H groups in total. The molecule has 0 atom stereocenters. The summed E-state index contributed by atoms with van der Waals surface area (Å²) in [5, 5.41) is 12.8. The van der Waals surface area contributed by atoms with Crippen LogP contribution in [-0.4, -0.2) is 28.6 Å². The van der Waals surface area contributed by atoms with Gasteiger partial charge < -0.3 is 10.4 Å². The highest BCUT2D eigenvalue weighted by Crippen LogP contribution is 2.07. The van der Waals surface area contributed by atoms with Gasteiger partial charge in [0.1, 0.15) is 0 Å². The number of rotatable bonds is 7. The highest BCUT2D eigenvalue weighted by molar-refractivity contribution is 7.99. The molecule has 0 amide bonds. The molecule has 1 aromatic carbocycles. The van der Waals surface area contributed by atoms with Gasteiger partial charge >= 0.3 is 5.97 Å². The highest BCUT2D eigenvalue weighted by Gasteiger charge is 2.01. The summed E-state index contributed by atoms with van der Waals surface area (Å²) in [6, 6.07) is 6.99. The zero-order valence-corrected chi connectivity index (χ0v) is 11.1. The SMILES string of the molecule is CC(C)SCCNCc1ccc(C(=O)O)cc1. The lowest BCUT2D eigenvalue weighted by Gasteiger charge is -2.07. The molecule has 0 aliphatic rings. The largest absolute Gasteiger partial charge is 0.478 e. The number of carbonyl (C=O) groups is 1. The minimum absolute atomic E-state index is 0.337. The summed E-state index contributed by atoms with van der Waals surface area (Å²) in [6.07, 6.45) is 0. The Morgan fingerprint density at radius 1 is 1.35 bits per heavy atom. The van der Waals surface area contributed by atoms with E-state index in [0.717, 1.165) is 24.4 Å². The molecule has 0 spiro atoms. The van der Waals surface area contributed by atoms with Crippen molar-refractivity contribution in [2.24, 2.45) is 0 Å². The summed E-state index contributed by atoms with van der Waals surface area (Å²) in [6.45, 7) is 6.15. The second kappa shape index (κ2) is 7.35. The molecule has 3 nitrogen and oxygen atoms in total. The average Bonchev–Trinajstić information content (AvgIpc) is 2.29. The molecule has 0 saturated heterocycles. The first kappa shape index (κ1) is 14.1. The maximum absolute atomic E-state index is 10.7. The van der Waals surface area contributed by atoms with Gasteiger partial charge in [-0.15, -0.1) is 0 Å². The Bertz CT molecular complexity index is 349. The number of nitrogens with one attached hydrogen (secondary N) is 1. The zero-order valence-electron chi connectivity index (χ0n) is 10.3. The molecule has 17 heavy (non-hydrogen) atoms. The number of hydrogen-bond acceptors (Lipinski definition) is 3. The number of benzene rings is 1. The van der Waals surface area contributed by atoms with Crippen molar-refractivity contribution in [2.75, 3.05) is 12.3 Å². The summed E-state index contributed by atoms with van der Waals surface area (Å²) >= 11 is 1.93. The lowest BCUT2D eigenvalue weighted by atomic mass is 10.1. The first-order chi connectivity index (χ1) is 8.09. The van der Waals surface area contributed by atoms with Crippen LogP contribution in [0.1, 0.15) is 29.8 Å². The highest BCUT2D eigenvalue weighted by atomic mass is 32.2. The van der Waals surface area contributed by atoms with Crippen LogP contribution in [0, 0.1) is 0 Å². The molecule has 4 heteroatoms. The van der Waals surface area contributed by atoms with E-state index in [-0.39, 0.29) is 0 Å². The average molecular weight is 253 g/mol. The van der Waals surface area contributed by atoms with Crippen LogP contribution >= 0.6 is 11.8 Å². The van der Waals surface area contributed by atoms with E-state index in [0.29, 0.717) is 10.8 Å². The number of thioether (sulfide) groups is 1. The van der Waals surface area contributed by atoms with Crippen LogP contribution in [0.15, 0.2) is 24.3 Å². The quantitative estimate of drug-likeness (QED) is 0.733. The van der Waals surface area contributed by atoms with Gasteiger partial charge in [-0.2, -0.15) is 11.8 Å². The Morgan fingerprint density at radius 2 is 2.00 bits per heavy atom. The Balaban J connectivity index is 2.25. The van der Waals surface area contributed by atoms with Gasteiger partial charge in [0.2, 0.25) is 0 Å². The van der Waals surface area contributed by atoms with E-state index < -0.39 is 5.97 Å². The lowest BCUT2D eigenvalue weighted by molar-refractivity contribution is 0.0697. The topological polar surface area (TPSA) is 49.3 Å². The fourth-order valence-electron chi connectivity index (χ4n) is 1.36. The molecule has 0 aliphatic heterocycles. The predicted octanol–water partition coefficient (Wildman–Crippen LogP) is 2.62. The van der Waals surface area contributed by atoms with Crippen LogP contribution in [0.4, 0.5) is 0 Å². The summed E-state index contributed by atoms with van der Waals surface area (Å²) in [5.41, 5.74) is 1.45. The second-order valence-corrected chi connectivity index (χ2v) is 5.78. The van der Waals surface area contributed by atoms with Gasteiger partial charge in [-0.25, -0.2) is 4.79 Å². The van der Waals surface area contributed by atoms with E-state index in [1.165, 1.54) is 0 Å². The molecule has 0 radical (unpaired) electrons. The smallest absolute Gasteiger partial charge is 0.335 e. The number of carboxylic acid groups (broad SMARTS) is 1. The van der Waals surface area contributed by atoms with Crippen molar-refractivity contribution in [3.63, 3.8) is 0 Å². The number of hydrogen-bond donors (Lipinski definition) is 2. The minimum Gasteiger partial charge on any atom is -0.478 e. The monoisotopic (exact) mass is 253 g/mol. The summed E-state index contributed by atoms with van der Waals surface area (Å²) in [5.74, 6) is 0.225. The van der Waals surface area contributed by atoms with Gasteiger partial charge in [0.25, 0.3) is 0 Å². The van der Waals surface area contributed by atoms with E-state index in [1.54, 1.807) is 12.1 Å². The number of aromatic carboxylic acids is 1. The normalized spacial score (nSPS) is 10.8. The van der Waals surface area contributed by atoms with E-state index in [4.69, 9.17) is 5.11 Å². The van der Waals surface area contributed by atoms with Crippen molar-refractivity contribution in [1.29, 1.82) is 0 Å². The first-order valence-corrected chi connectivity index (χ1v) is 6.79. The maximum Gasteiger partial charge on any atom is 0.335 e. The molecule has 0 aromatic heterocycles. The van der Waals surface area contributed by atoms with Crippen molar-refractivity contribution in [3.05, 3.63) is 35.4 Å².